The van der Waals surface area contributed by atoms with Crippen molar-refractivity contribution in [3.8, 4) is 0 Å². The second-order valence-electron chi connectivity index (χ2n) is 10.1. The monoisotopic (exact) mass is 748 g/mol. The number of aromatic nitrogens is 2. The number of anilines is 2. The fourth-order valence-electron chi connectivity index (χ4n) is 5.10. The van der Waals surface area contributed by atoms with Gasteiger partial charge >= 0.3 is 5.97 Å². The quantitative estimate of drug-likeness (QED) is 0.107. The molecule has 23 heteroatoms. The minimum atomic E-state index is -1.24. The fraction of sp³-hybridized carbons (Fsp3) is 0.308. The second-order valence-corrected chi connectivity index (χ2v) is 14.1. The molecule has 49 heavy (non-hydrogen) atoms. The Morgan fingerprint density at radius 3 is 1.88 bits per heavy atom. The molecule has 4 aliphatic rings. The summed E-state index contributed by atoms with van der Waals surface area (Å²) in [6.07, 6.45) is 2.99. The molecule has 4 atom stereocenters. The predicted molar refractivity (Wildman–Crippen MR) is 178 cm³/mol. The van der Waals surface area contributed by atoms with Gasteiger partial charge in [0.25, 0.3) is 29.5 Å². The van der Waals surface area contributed by atoms with Gasteiger partial charge in [0.05, 0.1) is 0 Å². The summed E-state index contributed by atoms with van der Waals surface area (Å²) in [6.45, 7) is 0. The molecule has 5 amide bonds. The molecule has 4 aliphatic heterocycles. The van der Waals surface area contributed by atoms with Gasteiger partial charge in [-0.15, -0.1) is 46.2 Å². The summed E-state index contributed by atoms with van der Waals surface area (Å²) in [7, 11) is 2.47. The van der Waals surface area contributed by atoms with Crippen molar-refractivity contribution >= 4 is 103 Å². The van der Waals surface area contributed by atoms with Crippen molar-refractivity contribution in [2.24, 2.45) is 10.3 Å². The van der Waals surface area contributed by atoms with Crippen LogP contribution in [0.5, 0.6) is 0 Å². The predicted octanol–water partition coefficient (Wildman–Crippen LogP) is -0.826. The van der Waals surface area contributed by atoms with Gasteiger partial charge in [-0.25, -0.2) is 14.8 Å². The first kappa shape index (κ1) is 33.9. The standard InChI is InChI=1S/C26H24N10O9S4/c1-44-33-13(9-7-48-25(27)28-9)18(38)30-15-20(40)35-11(3-5-46-22(15)35)17(37)32-26-29-10(8-49-26)14(34-45-2)19(39)31-16-21(41)36-12(24(42)43)4-6-47-23(16)36/h3-4,7-8,15-16,22-23H,5-6H2,1-2H3,(H2,27,28)(H,30,38)(H,31,39)(H,42,43)(H,29,32,37)/b33-13-,34-14-/t15-,16-,22-,23-/m1/s1. The number of carbonyl (C=O) groups excluding carboxylic acids is 5. The summed E-state index contributed by atoms with van der Waals surface area (Å²) in [6, 6.07) is -1.96. The number of carbonyl (C=O) groups is 6. The molecule has 6 rings (SSSR count). The zero-order valence-electron chi connectivity index (χ0n) is 25.1. The zero-order valence-corrected chi connectivity index (χ0v) is 28.4. The molecule has 0 aliphatic carbocycles. The molecule has 2 fully saturated rings. The number of amides is 5. The second kappa shape index (κ2) is 13.9. The molecule has 19 nitrogen and oxygen atoms in total. The lowest BCUT2D eigenvalue weighted by molar-refractivity contribution is -0.150. The van der Waals surface area contributed by atoms with Gasteiger partial charge in [-0.2, -0.15) is 0 Å². The van der Waals surface area contributed by atoms with Crippen molar-refractivity contribution in [3.05, 3.63) is 45.7 Å². The minimum Gasteiger partial charge on any atom is -0.477 e. The van der Waals surface area contributed by atoms with Gasteiger partial charge in [0, 0.05) is 22.3 Å². The van der Waals surface area contributed by atoms with Crippen molar-refractivity contribution in [1.82, 2.24) is 30.4 Å². The molecule has 6 heterocycles. The lowest BCUT2D eigenvalue weighted by Gasteiger charge is -2.48. The van der Waals surface area contributed by atoms with Gasteiger partial charge < -0.3 is 31.1 Å². The van der Waals surface area contributed by atoms with Crippen molar-refractivity contribution in [3.63, 3.8) is 0 Å². The van der Waals surface area contributed by atoms with Crippen LogP contribution in [-0.4, -0.2) is 120 Å². The number of fused-ring (bicyclic) bond motifs is 2. The van der Waals surface area contributed by atoms with Crippen LogP contribution in [0.4, 0.5) is 10.3 Å². The summed E-state index contributed by atoms with van der Waals surface area (Å²) < 4.78 is 0. The van der Waals surface area contributed by atoms with Crippen molar-refractivity contribution in [2.75, 3.05) is 36.8 Å². The average molecular weight is 749 g/mol. The topological polar surface area (TPSA) is 260 Å². The first-order valence-electron chi connectivity index (χ1n) is 13.9. The van der Waals surface area contributed by atoms with Gasteiger partial charge in [-0.3, -0.25) is 39.1 Å². The number of rotatable bonds is 11. The summed E-state index contributed by atoms with van der Waals surface area (Å²) in [5.74, 6) is -3.83. The smallest absolute Gasteiger partial charge is 0.352 e. The Balaban J connectivity index is 1.08. The number of hydrogen-bond donors (Lipinski definition) is 5. The average Bonchev–Trinajstić information content (AvgIpc) is 3.74. The highest BCUT2D eigenvalue weighted by Crippen LogP contribution is 2.39. The summed E-state index contributed by atoms with van der Waals surface area (Å²) >= 11 is 4.70. The maximum Gasteiger partial charge on any atom is 0.352 e. The van der Waals surface area contributed by atoms with E-state index in [1.165, 1.54) is 59.5 Å². The molecule has 6 N–H and O–H groups in total. The molecular formula is C26H24N10O9S4. The largest absolute Gasteiger partial charge is 0.477 e. The van der Waals surface area contributed by atoms with Gasteiger partial charge in [0.15, 0.2) is 21.7 Å². The number of aliphatic carboxylic acids is 1. The highest BCUT2D eigenvalue weighted by atomic mass is 32.2. The van der Waals surface area contributed by atoms with Crippen LogP contribution in [0.25, 0.3) is 0 Å². The van der Waals surface area contributed by atoms with E-state index in [1.54, 1.807) is 6.08 Å². The lowest BCUT2D eigenvalue weighted by atomic mass is 10.0. The molecule has 0 unspecified atom stereocenters. The first-order valence-corrected chi connectivity index (χ1v) is 17.7. The molecule has 0 aromatic carbocycles. The highest BCUT2D eigenvalue weighted by Gasteiger charge is 2.54. The van der Waals surface area contributed by atoms with Gasteiger partial charge in [-0.05, 0) is 12.2 Å². The van der Waals surface area contributed by atoms with Crippen LogP contribution in [-0.2, 0) is 38.4 Å². The van der Waals surface area contributed by atoms with Crippen molar-refractivity contribution in [2.45, 2.75) is 22.8 Å². The summed E-state index contributed by atoms with van der Waals surface area (Å²) in [4.78, 5) is 97.1. The van der Waals surface area contributed by atoms with E-state index in [1.807, 2.05) is 0 Å². The first-order chi connectivity index (χ1) is 23.5. The number of nitrogens with two attached hydrogens (primary N) is 1. The Hall–Kier alpha value is -5.00. The number of carboxylic acid groups (broad SMARTS) is 1. The van der Waals surface area contributed by atoms with E-state index in [4.69, 9.17) is 15.4 Å². The van der Waals surface area contributed by atoms with E-state index in [9.17, 15) is 33.9 Å². The Labute approximate surface area is 292 Å². The van der Waals surface area contributed by atoms with E-state index in [0.29, 0.717) is 11.5 Å². The van der Waals surface area contributed by atoms with Crippen LogP contribution in [0.3, 0.4) is 0 Å². The maximum absolute atomic E-state index is 13.3. The molecule has 0 saturated carbocycles. The van der Waals surface area contributed by atoms with E-state index in [-0.39, 0.29) is 44.5 Å². The highest BCUT2D eigenvalue weighted by molar-refractivity contribution is 8.00. The minimum absolute atomic E-state index is 0.0231. The Morgan fingerprint density at radius 2 is 1.37 bits per heavy atom. The molecule has 2 aromatic heterocycles. The molecule has 0 radical (unpaired) electrons. The van der Waals surface area contributed by atoms with Gasteiger partial charge in [0.1, 0.15) is 59.8 Å². The van der Waals surface area contributed by atoms with Crippen LogP contribution in [0, 0.1) is 0 Å². The normalized spacial score (nSPS) is 23.1. The third-order valence-electron chi connectivity index (χ3n) is 7.24. The maximum atomic E-state index is 13.3. The van der Waals surface area contributed by atoms with Crippen LogP contribution in [0.15, 0.2) is 44.6 Å². The van der Waals surface area contributed by atoms with Crippen molar-refractivity contribution < 1.29 is 43.5 Å². The van der Waals surface area contributed by atoms with Gasteiger partial charge in [-0.1, -0.05) is 10.3 Å². The molecule has 2 aromatic rings. The SMILES string of the molecule is CO/N=C(\C(=O)N[C@@H]1C(=O)N2C(C(=O)O)=CCS[C@H]12)c1csc(NC(=O)C2=CCS[C@@H]3[C@H](NC(=O)/C(=N\OC)c4csc(N)n4)C(=O)N23)n1. The number of thioether (sulfide) groups is 2. The zero-order chi connectivity index (χ0) is 35.0. The van der Waals surface area contributed by atoms with Crippen molar-refractivity contribution in [1.29, 1.82) is 0 Å². The number of nitrogens with one attached hydrogen (secondary N) is 3. The molecule has 256 valence electrons. The Morgan fingerprint density at radius 1 is 0.857 bits per heavy atom. The van der Waals surface area contributed by atoms with Crippen LogP contribution >= 0.6 is 46.2 Å². The number of oxime groups is 2. The van der Waals surface area contributed by atoms with E-state index >= 15 is 0 Å². The number of carboxylic acids is 1. The number of hydrogen-bond acceptors (Lipinski definition) is 17. The fourth-order valence-corrected chi connectivity index (χ4v) is 8.72. The molecular weight excluding hydrogens is 725 g/mol. The Kier molecular flexibility index (Phi) is 9.58. The molecule has 0 bridgehead atoms. The van der Waals surface area contributed by atoms with Gasteiger partial charge in [0.2, 0.25) is 0 Å². The lowest BCUT2D eigenvalue weighted by Crippen LogP contribution is -2.70. The van der Waals surface area contributed by atoms with Crippen LogP contribution in [0.1, 0.15) is 11.4 Å². The number of β-lactam (4-membered cyclic amide) rings is 2. The summed E-state index contributed by atoms with van der Waals surface area (Å²) in [5, 5.41) is 26.7. The number of nitrogens with zero attached hydrogens (tertiary/aromatic N) is 6. The third kappa shape index (κ3) is 6.31. The van der Waals surface area contributed by atoms with E-state index in [0.717, 1.165) is 27.6 Å². The molecule has 2 saturated heterocycles. The third-order valence-corrected chi connectivity index (χ3v) is 11.0. The van der Waals surface area contributed by atoms with E-state index in [2.05, 4.69) is 36.2 Å². The van der Waals surface area contributed by atoms with E-state index < -0.39 is 58.3 Å². The van der Waals surface area contributed by atoms with Crippen LogP contribution in [0.2, 0.25) is 0 Å². The number of nitrogen functional groups attached to an aromatic ring is 1. The Bertz CT molecular complexity index is 1890. The number of thiazole rings is 2. The molecule has 0 spiro atoms. The summed E-state index contributed by atoms with van der Waals surface area (Å²) in [5.41, 5.74) is 5.32. The van der Waals surface area contributed by atoms with Crippen LogP contribution < -0.4 is 21.7 Å².